The standard InChI is InChI=1S/C18H24BrNO/c1-13(20-12-15-6-8-16(19)9-7-15)11-18(3,4)17-10-5-14(2)21-17/h5-10,13,20H,11-12H2,1-4H3. The average molecular weight is 350 g/mol. The van der Waals surface area contributed by atoms with E-state index in [2.05, 4.69) is 72.3 Å². The highest BCUT2D eigenvalue weighted by molar-refractivity contribution is 9.10. The van der Waals surface area contributed by atoms with E-state index < -0.39 is 0 Å². The largest absolute Gasteiger partial charge is 0.466 e. The zero-order valence-electron chi connectivity index (χ0n) is 13.2. The predicted octanol–water partition coefficient (Wildman–Crippen LogP) is 5.20. The number of rotatable bonds is 6. The van der Waals surface area contributed by atoms with Gasteiger partial charge in [0.05, 0.1) is 0 Å². The van der Waals surface area contributed by atoms with Crippen molar-refractivity contribution < 1.29 is 4.42 Å². The Morgan fingerprint density at radius 1 is 1.14 bits per heavy atom. The fraction of sp³-hybridized carbons (Fsp3) is 0.444. The molecule has 0 aliphatic carbocycles. The lowest BCUT2D eigenvalue weighted by molar-refractivity contribution is 0.319. The monoisotopic (exact) mass is 349 g/mol. The van der Waals surface area contributed by atoms with E-state index in [1.165, 1.54) is 5.56 Å². The molecule has 1 N–H and O–H groups in total. The molecule has 1 unspecified atom stereocenters. The Hall–Kier alpha value is -1.06. The molecule has 1 heterocycles. The van der Waals surface area contributed by atoms with Gasteiger partial charge in [0.2, 0.25) is 0 Å². The van der Waals surface area contributed by atoms with E-state index in [1.54, 1.807) is 0 Å². The normalized spacial score (nSPS) is 13.4. The van der Waals surface area contributed by atoms with Crippen molar-refractivity contribution in [2.45, 2.75) is 52.1 Å². The van der Waals surface area contributed by atoms with Gasteiger partial charge in [0.15, 0.2) is 0 Å². The van der Waals surface area contributed by atoms with Gasteiger partial charge >= 0.3 is 0 Å². The highest BCUT2D eigenvalue weighted by Gasteiger charge is 2.26. The molecule has 0 bridgehead atoms. The Morgan fingerprint density at radius 2 is 1.81 bits per heavy atom. The maximum atomic E-state index is 5.79. The molecule has 0 aliphatic heterocycles. The SMILES string of the molecule is Cc1ccc(C(C)(C)CC(C)NCc2ccc(Br)cc2)o1. The smallest absolute Gasteiger partial charge is 0.109 e. The fourth-order valence-corrected chi connectivity index (χ4v) is 2.90. The number of hydrogen-bond acceptors (Lipinski definition) is 2. The summed E-state index contributed by atoms with van der Waals surface area (Å²) in [5.41, 5.74) is 1.34. The van der Waals surface area contributed by atoms with E-state index >= 15 is 0 Å². The molecule has 0 spiro atoms. The van der Waals surface area contributed by atoms with Crippen molar-refractivity contribution in [3.8, 4) is 0 Å². The van der Waals surface area contributed by atoms with E-state index in [-0.39, 0.29) is 5.41 Å². The molecule has 0 fully saturated rings. The van der Waals surface area contributed by atoms with Crippen molar-refractivity contribution >= 4 is 15.9 Å². The summed E-state index contributed by atoms with van der Waals surface area (Å²) in [6.07, 6.45) is 1.04. The van der Waals surface area contributed by atoms with Crippen LogP contribution in [0.3, 0.4) is 0 Å². The third-order valence-corrected chi connectivity index (χ3v) is 4.32. The lowest BCUT2D eigenvalue weighted by atomic mass is 9.83. The van der Waals surface area contributed by atoms with Crippen LogP contribution in [0.4, 0.5) is 0 Å². The van der Waals surface area contributed by atoms with Gasteiger partial charge in [-0.15, -0.1) is 0 Å². The second-order valence-electron chi connectivity index (χ2n) is 6.41. The van der Waals surface area contributed by atoms with Gasteiger partial charge in [-0.3, -0.25) is 0 Å². The van der Waals surface area contributed by atoms with Crippen LogP contribution < -0.4 is 5.32 Å². The maximum Gasteiger partial charge on any atom is 0.109 e. The molecule has 0 radical (unpaired) electrons. The molecule has 2 nitrogen and oxygen atoms in total. The van der Waals surface area contributed by atoms with Crippen molar-refractivity contribution in [3.05, 3.63) is 58.0 Å². The number of furan rings is 1. The Bertz CT molecular complexity index is 571. The summed E-state index contributed by atoms with van der Waals surface area (Å²) < 4.78 is 6.91. The minimum atomic E-state index is 0.0421. The predicted molar refractivity (Wildman–Crippen MR) is 91.5 cm³/mol. The summed E-state index contributed by atoms with van der Waals surface area (Å²) in [4.78, 5) is 0. The molecule has 1 atom stereocenters. The quantitative estimate of drug-likeness (QED) is 0.775. The lowest BCUT2D eigenvalue weighted by Crippen LogP contribution is -2.32. The first-order valence-electron chi connectivity index (χ1n) is 7.41. The van der Waals surface area contributed by atoms with E-state index in [1.807, 2.05) is 13.0 Å². The van der Waals surface area contributed by atoms with Crippen LogP contribution in [0.15, 0.2) is 45.3 Å². The zero-order chi connectivity index (χ0) is 15.5. The van der Waals surface area contributed by atoms with Gasteiger partial charge in [0, 0.05) is 22.5 Å². The summed E-state index contributed by atoms with van der Waals surface area (Å²) in [7, 11) is 0. The second kappa shape index (κ2) is 6.80. The molecular weight excluding hydrogens is 326 g/mol. The van der Waals surface area contributed by atoms with E-state index in [0.29, 0.717) is 6.04 Å². The van der Waals surface area contributed by atoms with E-state index in [9.17, 15) is 0 Å². The van der Waals surface area contributed by atoms with Gasteiger partial charge in [0.25, 0.3) is 0 Å². The number of nitrogens with one attached hydrogen (secondary N) is 1. The van der Waals surface area contributed by atoms with Gasteiger partial charge in [0.1, 0.15) is 11.5 Å². The first-order chi connectivity index (χ1) is 9.87. The van der Waals surface area contributed by atoms with E-state index in [4.69, 9.17) is 4.42 Å². The molecule has 2 aromatic rings. The topological polar surface area (TPSA) is 25.2 Å². The summed E-state index contributed by atoms with van der Waals surface area (Å²) in [6.45, 7) is 9.60. The van der Waals surface area contributed by atoms with Crippen molar-refractivity contribution in [1.82, 2.24) is 5.32 Å². The molecule has 3 heteroatoms. The number of halogens is 1. The van der Waals surface area contributed by atoms with Gasteiger partial charge in [-0.1, -0.05) is 41.9 Å². The van der Waals surface area contributed by atoms with Crippen LogP contribution in [0.2, 0.25) is 0 Å². The van der Waals surface area contributed by atoms with Crippen LogP contribution >= 0.6 is 15.9 Å². The van der Waals surface area contributed by atoms with Crippen LogP contribution in [-0.4, -0.2) is 6.04 Å². The summed E-state index contributed by atoms with van der Waals surface area (Å²) in [5.74, 6) is 2.05. The summed E-state index contributed by atoms with van der Waals surface area (Å²) >= 11 is 3.46. The number of hydrogen-bond donors (Lipinski definition) is 1. The molecular formula is C18H24BrNO. The molecule has 114 valence electrons. The Labute approximate surface area is 136 Å². The molecule has 21 heavy (non-hydrogen) atoms. The van der Waals surface area contributed by atoms with Crippen LogP contribution in [0, 0.1) is 6.92 Å². The summed E-state index contributed by atoms with van der Waals surface area (Å²) in [6, 6.07) is 13.0. The molecule has 0 amide bonds. The van der Waals surface area contributed by atoms with Crippen molar-refractivity contribution in [2.75, 3.05) is 0 Å². The highest BCUT2D eigenvalue weighted by atomic mass is 79.9. The molecule has 1 aromatic heterocycles. The van der Waals surface area contributed by atoms with Gasteiger partial charge < -0.3 is 9.73 Å². The van der Waals surface area contributed by atoms with Crippen LogP contribution in [0.1, 0.15) is 44.3 Å². The minimum absolute atomic E-state index is 0.0421. The maximum absolute atomic E-state index is 5.79. The fourth-order valence-electron chi connectivity index (χ4n) is 2.63. The van der Waals surface area contributed by atoms with Crippen LogP contribution in [-0.2, 0) is 12.0 Å². The number of benzene rings is 1. The van der Waals surface area contributed by atoms with Crippen molar-refractivity contribution in [2.24, 2.45) is 0 Å². The van der Waals surface area contributed by atoms with Gasteiger partial charge in [-0.25, -0.2) is 0 Å². The third-order valence-electron chi connectivity index (χ3n) is 3.79. The van der Waals surface area contributed by atoms with Gasteiger partial charge in [-0.05, 0) is 50.1 Å². The minimum Gasteiger partial charge on any atom is -0.466 e. The molecule has 0 saturated heterocycles. The van der Waals surface area contributed by atoms with Crippen molar-refractivity contribution in [3.63, 3.8) is 0 Å². The third kappa shape index (κ3) is 4.72. The molecule has 1 aromatic carbocycles. The highest BCUT2D eigenvalue weighted by Crippen LogP contribution is 2.29. The van der Waals surface area contributed by atoms with E-state index in [0.717, 1.165) is 29.0 Å². The first kappa shape index (κ1) is 16.3. The number of aryl methyl sites for hydroxylation is 1. The first-order valence-corrected chi connectivity index (χ1v) is 8.21. The average Bonchev–Trinajstić information content (AvgIpc) is 2.85. The zero-order valence-corrected chi connectivity index (χ0v) is 14.8. The Kier molecular flexibility index (Phi) is 5.28. The van der Waals surface area contributed by atoms with Crippen LogP contribution in [0.25, 0.3) is 0 Å². The second-order valence-corrected chi connectivity index (χ2v) is 7.32. The molecule has 0 aliphatic rings. The van der Waals surface area contributed by atoms with Gasteiger partial charge in [-0.2, -0.15) is 0 Å². The Balaban J connectivity index is 1.89. The van der Waals surface area contributed by atoms with Crippen molar-refractivity contribution in [1.29, 1.82) is 0 Å². The Morgan fingerprint density at radius 3 is 2.38 bits per heavy atom. The summed E-state index contributed by atoms with van der Waals surface area (Å²) in [5, 5.41) is 3.59. The lowest BCUT2D eigenvalue weighted by Gasteiger charge is -2.26. The molecule has 0 saturated carbocycles. The van der Waals surface area contributed by atoms with Crippen LogP contribution in [0.5, 0.6) is 0 Å². The molecule has 2 rings (SSSR count).